The van der Waals surface area contributed by atoms with Crippen molar-refractivity contribution in [2.45, 2.75) is 6.10 Å². The second kappa shape index (κ2) is 7.20. The fourth-order valence-electron chi connectivity index (χ4n) is 1.95. The second-order valence-corrected chi connectivity index (χ2v) is 4.95. The van der Waals surface area contributed by atoms with E-state index in [1.807, 2.05) is 12.1 Å². The number of benzene rings is 2. The second-order valence-electron chi connectivity index (χ2n) is 4.51. The Kier molecular flexibility index (Phi) is 5.31. The molecular formula is C16H18ClNO3. The molecule has 112 valence electrons. The first-order valence-corrected chi connectivity index (χ1v) is 6.91. The molecule has 2 aromatic rings. The fourth-order valence-corrected chi connectivity index (χ4v) is 2.08. The molecule has 2 rings (SSSR count). The lowest BCUT2D eigenvalue weighted by Gasteiger charge is -2.16. The Bertz CT molecular complexity index is 587. The van der Waals surface area contributed by atoms with Crippen LogP contribution in [0.5, 0.6) is 11.5 Å². The maximum atomic E-state index is 10.2. The molecule has 1 atom stereocenters. The van der Waals surface area contributed by atoms with Crippen molar-refractivity contribution in [3.63, 3.8) is 0 Å². The number of halogens is 1. The van der Waals surface area contributed by atoms with Gasteiger partial charge in [-0.25, -0.2) is 0 Å². The van der Waals surface area contributed by atoms with Gasteiger partial charge in [-0.1, -0.05) is 23.7 Å². The summed E-state index contributed by atoms with van der Waals surface area (Å²) >= 11 is 5.83. The summed E-state index contributed by atoms with van der Waals surface area (Å²) in [5.41, 5.74) is 1.60. The van der Waals surface area contributed by atoms with E-state index in [2.05, 4.69) is 5.32 Å². The van der Waals surface area contributed by atoms with E-state index in [0.717, 1.165) is 17.0 Å². The molecule has 0 heterocycles. The lowest BCUT2D eigenvalue weighted by Crippen LogP contribution is -2.12. The molecule has 0 fully saturated rings. The van der Waals surface area contributed by atoms with Crippen LogP contribution in [0.2, 0.25) is 5.02 Å². The topological polar surface area (TPSA) is 50.7 Å². The van der Waals surface area contributed by atoms with Gasteiger partial charge in [-0.2, -0.15) is 0 Å². The Morgan fingerprint density at radius 2 is 1.81 bits per heavy atom. The van der Waals surface area contributed by atoms with Crippen molar-refractivity contribution in [3.8, 4) is 11.5 Å². The highest BCUT2D eigenvalue weighted by atomic mass is 35.5. The molecule has 4 nitrogen and oxygen atoms in total. The number of ether oxygens (including phenoxy) is 2. The predicted molar refractivity (Wildman–Crippen MR) is 84.4 cm³/mol. The van der Waals surface area contributed by atoms with Crippen molar-refractivity contribution in [2.75, 3.05) is 26.1 Å². The SMILES string of the molecule is COc1ccc(NCC(O)c2ccc(Cl)cc2)c(OC)c1. The molecule has 0 saturated carbocycles. The van der Waals surface area contributed by atoms with E-state index >= 15 is 0 Å². The minimum absolute atomic E-state index is 0.365. The van der Waals surface area contributed by atoms with Gasteiger partial charge in [0.2, 0.25) is 0 Å². The Morgan fingerprint density at radius 3 is 2.43 bits per heavy atom. The molecule has 1 unspecified atom stereocenters. The monoisotopic (exact) mass is 307 g/mol. The molecule has 0 aliphatic heterocycles. The maximum Gasteiger partial charge on any atom is 0.145 e. The summed E-state index contributed by atoms with van der Waals surface area (Å²) in [4.78, 5) is 0. The smallest absolute Gasteiger partial charge is 0.145 e. The van der Waals surface area contributed by atoms with E-state index in [-0.39, 0.29) is 0 Å². The van der Waals surface area contributed by atoms with Crippen LogP contribution in [-0.2, 0) is 0 Å². The number of aliphatic hydroxyl groups is 1. The molecular weight excluding hydrogens is 290 g/mol. The number of hydrogen-bond donors (Lipinski definition) is 2. The molecule has 0 saturated heterocycles. The summed E-state index contributed by atoms with van der Waals surface area (Å²) in [6.45, 7) is 0.365. The number of aliphatic hydroxyl groups excluding tert-OH is 1. The van der Waals surface area contributed by atoms with Crippen LogP contribution in [0.3, 0.4) is 0 Å². The van der Waals surface area contributed by atoms with E-state index < -0.39 is 6.10 Å². The molecule has 2 N–H and O–H groups in total. The minimum Gasteiger partial charge on any atom is -0.497 e. The van der Waals surface area contributed by atoms with Crippen LogP contribution in [0, 0.1) is 0 Å². The molecule has 0 aromatic heterocycles. The van der Waals surface area contributed by atoms with E-state index in [4.69, 9.17) is 21.1 Å². The molecule has 0 spiro atoms. The number of nitrogens with one attached hydrogen (secondary N) is 1. The molecule has 0 amide bonds. The highest BCUT2D eigenvalue weighted by molar-refractivity contribution is 6.30. The van der Waals surface area contributed by atoms with Crippen LogP contribution in [0.25, 0.3) is 0 Å². The van der Waals surface area contributed by atoms with Crippen LogP contribution < -0.4 is 14.8 Å². The van der Waals surface area contributed by atoms with Gasteiger partial charge >= 0.3 is 0 Å². The van der Waals surface area contributed by atoms with Crippen LogP contribution in [0.4, 0.5) is 5.69 Å². The number of anilines is 1. The molecule has 21 heavy (non-hydrogen) atoms. The normalized spacial score (nSPS) is 11.8. The van der Waals surface area contributed by atoms with Crippen LogP contribution in [0.15, 0.2) is 42.5 Å². The van der Waals surface area contributed by atoms with Crippen molar-refractivity contribution < 1.29 is 14.6 Å². The summed E-state index contributed by atoms with van der Waals surface area (Å²) in [6, 6.07) is 12.6. The molecule has 0 radical (unpaired) electrons. The number of methoxy groups -OCH3 is 2. The summed E-state index contributed by atoms with van der Waals surface area (Å²) < 4.78 is 10.4. The Balaban J connectivity index is 2.03. The van der Waals surface area contributed by atoms with Gasteiger partial charge in [0.15, 0.2) is 0 Å². The van der Waals surface area contributed by atoms with Gasteiger partial charge in [-0.05, 0) is 29.8 Å². The molecule has 2 aromatic carbocycles. The molecule has 5 heteroatoms. The summed E-state index contributed by atoms with van der Waals surface area (Å²) in [7, 11) is 3.20. The Morgan fingerprint density at radius 1 is 1.10 bits per heavy atom. The zero-order valence-electron chi connectivity index (χ0n) is 12.0. The van der Waals surface area contributed by atoms with E-state index in [0.29, 0.717) is 17.3 Å². The van der Waals surface area contributed by atoms with Crippen molar-refractivity contribution in [1.82, 2.24) is 0 Å². The van der Waals surface area contributed by atoms with Crippen LogP contribution in [0.1, 0.15) is 11.7 Å². The number of hydrogen-bond acceptors (Lipinski definition) is 4. The first-order chi connectivity index (χ1) is 10.1. The fraction of sp³-hybridized carbons (Fsp3) is 0.250. The zero-order valence-corrected chi connectivity index (χ0v) is 12.7. The Labute approximate surface area is 129 Å². The van der Waals surface area contributed by atoms with Gasteiger partial charge in [0, 0.05) is 17.6 Å². The summed E-state index contributed by atoms with van der Waals surface area (Å²) in [5, 5.41) is 14.0. The lowest BCUT2D eigenvalue weighted by atomic mass is 10.1. The summed E-state index contributed by atoms with van der Waals surface area (Å²) in [6.07, 6.45) is -0.630. The molecule has 0 aliphatic carbocycles. The molecule has 0 aliphatic rings. The van der Waals surface area contributed by atoms with Gasteiger partial charge in [-0.15, -0.1) is 0 Å². The minimum atomic E-state index is -0.630. The van der Waals surface area contributed by atoms with Gasteiger partial charge < -0.3 is 19.9 Å². The van der Waals surface area contributed by atoms with Gasteiger partial charge in [0.05, 0.1) is 26.0 Å². The number of rotatable bonds is 6. The van der Waals surface area contributed by atoms with Crippen molar-refractivity contribution in [1.29, 1.82) is 0 Å². The third kappa shape index (κ3) is 4.03. The zero-order chi connectivity index (χ0) is 15.2. The Hall–Kier alpha value is -1.91. The highest BCUT2D eigenvalue weighted by Crippen LogP contribution is 2.29. The van der Waals surface area contributed by atoms with E-state index in [1.165, 1.54) is 0 Å². The van der Waals surface area contributed by atoms with Crippen LogP contribution in [-0.4, -0.2) is 25.9 Å². The first-order valence-electron chi connectivity index (χ1n) is 6.53. The predicted octanol–water partition coefficient (Wildman–Crippen LogP) is 3.50. The van der Waals surface area contributed by atoms with Crippen molar-refractivity contribution in [3.05, 3.63) is 53.1 Å². The van der Waals surface area contributed by atoms with Gasteiger partial charge in [0.25, 0.3) is 0 Å². The van der Waals surface area contributed by atoms with Crippen molar-refractivity contribution in [2.24, 2.45) is 0 Å². The average molecular weight is 308 g/mol. The first kappa shape index (κ1) is 15.5. The third-order valence-corrected chi connectivity index (χ3v) is 3.40. The van der Waals surface area contributed by atoms with Gasteiger partial charge in [0.1, 0.15) is 11.5 Å². The summed E-state index contributed by atoms with van der Waals surface area (Å²) in [5.74, 6) is 1.38. The van der Waals surface area contributed by atoms with E-state index in [9.17, 15) is 5.11 Å². The van der Waals surface area contributed by atoms with Crippen LogP contribution >= 0.6 is 11.6 Å². The third-order valence-electron chi connectivity index (χ3n) is 3.15. The van der Waals surface area contributed by atoms with Crippen molar-refractivity contribution >= 4 is 17.3 Å². The maximum absolute atomic E-state index is 10.2. The standard InChI is InChI=1S/C16H18ClNO3/c1-20-13-7-8-14(16(9-13)21-2)18-10-15(19)11-3-5-12(17)6-4-11/h3-9,15,18-19H,10H2,1-2H3. The quantitative estimate of drug-likeness (QED) is 0.857. The largest absolute Gasteiger partial charge is 0.497 e. The molecule has 0 bridgehead atoms. The lowest BCUT2D eigenvalue weighted by molar-refractivity contribution is 0.191. The van der Waals surface area contributed by atoms with E-state index in [1.54, 1.807) is 44.6 Å². The highest BCUT2D eigenvalue weighted by Gasteiger charge is 2.10. The average Bonchev–Trinajstić information content (AvgIpc) is 2.53. The van der Waals surface area contributed by atoms with Gasteiger partial charge in [-0.3, -0.25) is 0 Å².